The molecule has 5 rings (SSSR count). The minimum atomic E-state index is 0.343. The summed E-state index contributed by atoms with van der Waals surface area (Å²) in [6.45, 7) is 4.18. The lowest BCUT2D eigenvalue weighted by Gasteiger charge is -2.47. The average molecular weight is 521 g/mol. The number of benzene rings is 3. The normalized spacial score (nSPS) is 20.9. The summed E-state index contributed by atoms with van der Waals surface area (Å²) >= 11 is 3.67. The number of hydrogen-bond donors (Lipinski definition) is 0. The standard InChI is InChI=1S/C29H33BrN2O2/c1-33-27-17-28(34-2)25(30)16-23(27)18-31-19-24-14-9-15-32(24)26(20-31)29(21-10-5-3-6-11-21)22-12-7-4-8-13-22/h3-8,10-13,16-17,24,26,29H,9,14-15,18-20H2,1-2H3/t24-,26-/m0/s1. The molecule has 2 saturated heterocycles. The number of piperazine rings is 1. The molecule has 2 aliphatic heterocycles. The van der Waals surface area contributed by atoms with Crippen molar-refractivity contribution in [3.63, 3.8) is 0 Å². The molecule has 5 heteroatoms. The Kier molecular flexibility index (Phi) is 7.23. The van der Waals surface area contributed by atoms with E-state index in [1.807, 2.05) is 6.07 Å². The first kappa shape index (κ1) is 23.4. The quantitative estimate of drug-likeness (QED) is 0.384. The molecule has 2 heterocycles. The number of fused-ring (bicyclic) bond motifs is 1. The van der Waals surface area contributed by atoms with Gasteiger partial charge in [-0.1, -0.05) is 60.7 Å². The molecule has 0 N–H and O–H groups in total. The molecule has 34 heavy (non-hydrogen) atoms. The Labute approximate surface area is 211 Å². The summed E-state index contributed by atoms with van der Waals surface area (Å²) in [6, 6.07) is 27.3. The van der Waals surface area contributed by atoms with Crippen molar-refractivity contribution >= 4 is 15.9 Å². The van der Waals surface area contributed by atoms with E-state index < -0.39 is 0 Å². The monoisotopic (exact) mass is 520 g/mol. The number of hydrogen-bond acceptors (Lipinski definition) is 4. The molecule has 2 fully saturated rings. The Balaban J connectivity index is 1.48. The van der Waals surface area contributed by atoms with Crippen LogP contribution in [0.15, 0.2) is 77.3 Å². The predicted molar refractivity (Wildman–Crippen MR) is 141 cm³/mol. The zero-order chi connectivity index (χ0) is 23.5. The molecule has 0 bridgehead atoms. The summed E-state index contributed by atoms with van der Waals surface area (Å²) < 4.78 is 12.2. The molecule has 0 aliphatic carbocycles. The van der Waals surface area contributed by atoms with Gasteiger partial charge >= 0.3 is 0 Å². The van der Waals surface area contributed by atoms with Gasteiger partial charge in [0.2, 0.25) is 0 Å². The molecule has 0 unspecified atom stereocenters. The average Bonchev–Trinajstić information content (AvgIpc) is 3.35. The highest BCUT2D eigenvalue weighted by molar-refractivity contribution is 9.10. The van der Waals surface area contributed by atoms with E-state index in [-0.39, 0.29) is 0 Å². The van der Waals surface area contributed by atoms with E-state index in [9.17, 15) is 0 Å². The summed E-state index contributed by atoms with van der Waals surface area (Å²) in [6.07, 6.45) is 2.55. The van der Waals surface area contributed by atoms with E-state index in [0.29, 0.717) is 18.0 Å². The van der Waals surface area contributed by atoms with Gasteiger partial charge in [0, 0.05) is 49.3 Å². The minimum absolute atomic E-state index is 0.343. The van der Waals surface area contributed by atoms with Crippen LogP contribution in [0.5, 0.6) is 11.5 Å². The second-order valence-electron chi connectivity index (χ2n) is 9.39. The van der Waals surface area contributed by atoms with Crippen molar-refractivity contribution in [1.82, 2.24) is 9.80 Å². The van der Waals surface area contributed by atoms with Gasteiger partial charge < -0.3 is 9.47 Å². The highest BCUT2D eigenvalue weighted by Gasteiger charge is 2.41. The van der Waals surface area contributed by atoms with Gasteiger partial charge in [0.15, 0.2) is 0 Å². The van der Waals surface area contributed by atoms with Crippen LogP contribution in [0.25, 0.3) is 0 Å². The van der Waals surface area contributed by atoms with Crippen molar-refractivity contribution in [2.45, 2.75) is 37.4 Å². The van der Waals surface area contributed by atoms with Crippen molar-refractivity contribution in [1.29, 1.82) is 0 Å². The Morgan fingerprint density at radius 1 is 0.882 bits per heavy atom. The van der Waals surface area contributed by atoms with Crippen LogP contribution in [0, 0.1) is 0 Å². The third-order valence-corrected chi connectivity index (χ3v) is 8.03. The van der Waals surface area contributed by atoms with Gasteiger partial charge in [0.1, 0.15) is 11.5 Å². The molecule has 0 spiro atoms. The topological polar surface area (TPSA) is 24.9 Å². The molecular formula is C29H33BrN2O2. The number of nitrogens with zero attached hydrogens (tertiary/aromatic N) is 2. The van der Waals surface area contributed by atoms with Gasteiger partial charge in [-0.25, -0.2) is 0 Å². The summed E-state index contributed by atoms with van der Waals surface area (Å²) in [4.78, 5) is 5.43. The van der Waals surface area contributed by atoms with Crippen LogP contribution in [-0.4, -0.2) is 55.7 Å². The van der Waals surface area contributed by atoms with Crippen molar-refractivity contribution in [2.75, 3.05) is 33.9 Å². The van der Waals surface area contributed by atoms with Gasteiger partial charge in [-0.3, -0.25) is 9.80 Å². The van der Waals surface area contributed by atoms with Crippen LogP contribution in [0.1, 0.15) is 35.4 Å². The largest absolute Gasteiger partial charge is 0.496 e. The fourth-order valence-corrected chi connectivity index (χ4v) is 6.46. The zero-order valence-electron chi connectivity index (χ0n) is 20.0. The Bertz CT molecular complexity index is 1050. The molecule has 0 aromatic heterocycles. The van der Waals surface area contributed by atoms with E-state index in [2.05, 4.69) is 92.5 Å². The first-order chi connectivity index (χ1) is 16.7. The lowest BCUT2D eigenvalue weighted by molar-refractivity contribution is 0.0380. The minimum Gasteiger partial charge on any atom is -0.496 e. The molecule has 2 atom stereocenters. The Morgan fingerprint density at radius 2 is 1.53 bits per heavy atom. The third-order valence-electron chi connectivity index (χ3n) is 7.41. The van der Waals surface area contributed by atoms with Crippen LogP contribution in [0.2, 0.25) is 0 Å². The van der Waals surface area contributed by atoms with Crippen molar-refractivity contribution in [2.24, 2.45) is 0 Å². The second kappa shape index (κ2) is 10.5. The van der Waals surface area contributed by atoms with Gasteiger partial charge in [-0.15, -0.1) is 0 Å². The summed E-state index contributed by atoms with van der Waals surface area (Å²) in [5.41, 5.74) is 3.99. The fourth-order valence-electron chi connectivity index (χ4n) is 5.90. The van der Waals surface area contributed by atoms with E-state index in [1.54, 1.807) is 14.2 Å². The van der Waals surface area contributed by atoms with E-state index in [0.717, 1.165) is 35.6 Å². The summed E-state index contributed by atoms with van der Waals surface area (Å²) in [5, 5.41) is 0. The maximum Gasteiger partial charge on any atom is 0.136 e. The van der Waals surface area contributed by atoms with Crippen molar-refractivity contribution in [3.8, 4) is 11.5 Å². The number of rotatable bonds is 7. The molecule has 0 radical (unpaired) electrons. The van der Waals surface area contributed by atoms with Crippen LogP contribution < -0.4 is 9.47 Å². The lowest BCUT2D eigenvalue weighted by Crippen LogP contribution is -2.57. The Hall–Kier alpha value is -2.34. The van der Waals surface area contributed by atoms with Crippen LogP contribution in [0.4, 0.5) is 0 Å². The van der Waals surface area contributed by atoms with Crippen LogP contribution in [0.3, 0.4) is 0 Å². The van der Waals surface area contributed by atoms with Gasteiger partial charge in [-0.2, -0.15) is 0 Å². The number of ether oxygens (including phenoxy) is 2. The van der Waals surface area contributed by atoms with Crippen LogP contribution in [-0.2, 0) is 6.54 Å². The van der Waals surface area contributed by atoms with Crippen LogP contribution >= 0.6 is 15.9 Å². The number of halogens is 1. The SMILES string of the molecule is COc1cc(OC)c(CN2C[C@@H]3CCCN3[C@H](C(c3ccccc3)c3ccccc3)C2)cc1Br. The van der Waals surface area contributed by atoms with Gasteiger partial charge in [0.05, 0.1) is 18.7 Å². The smallest absolute Gasteiger partial charge is 0.136 e. The molecule has 2 aliphatic rings. The molecule has 3 aromatic rings. The second-order valence-corrected chi connectivity index (χ2v) is 10.2. The maximum atomic E-state index is 5.75. The third kappa shape index (κ3) is 4.74. The zero-order valence-corrected chi connectivity index (χ0v) is 21.6. The highest BCUT2D eigenvalue weighted by atomic mass is 79.9. The maximum absolute atomic E-state index is 5.75. The first-order valence-electron chi connectivity index (χ1n) is 12.2. The summed E-state index contributed by atoms with van der Waals surface area (Å²) in [7, 11) is 3.43. The fraction of sp³-hybridized carbons (Fsp3) is 0.379. The molecular weight excluding hydrogens is 488 g/mol. The Morgan fingerprint density at radius 3 is 2.15 bits per heavy atom. The van der Waals surface area contributed by atoms with Crippen molar-refractivity contribution in [3.05, 3.63) is 94.0 Å². The molecule has 0 saturated carbocycles. The first-order valence-corrected chi connectivity index (χ1v) is 13.0. The molecule has 3 aromatic carbocycles. The lowest BCUT2D eigenvalue weighted by atomic mass is 9.82. The van der Waals surface area contributed by atoms with E-state index in [4.69, 9.17) is 9.47 Å². The predicted octanol–water partition coefficient (Wildman–Crippen LogP) is 5.95. The van der Waals surface area contributed by atoms with Gasteiger partial charge in [0.25, 0.3) is 0 Å². The number of methoxy groups -OCH3 is 2. The van der Waals surface area contributed by atoms with Gasteiger partial charge in [-0.05, 0) is 52.5 Å². The molecule has 0 amide bonds. The molecule has 4 nitrogen and oxygen atoms in total. The van der Waals surface area contributed by atoms with E-state index >= 15 is 0 Å². The van der Waals surface area contributed by atoms with E-state index in [1.165, 1.54) is 36.1 Å². The highest BCUT2D eigenvalue weighted by Crippen LogP contribution is 2.39. The van der Waals surface area contributed by atoms with Crippen molar-refractivity contribution < 1.29 is 9.47 Å². The summed E-state index contributed by atoms with van der Waals surface area (Å²) in [5.74, 6) is 2.02. The molecule has 178 valence electrons.